The van der Waals surface area contributed by atoms with Gasteiger partial charge < -0.3 is 4.90 Å². The van der Waals surface area contributed by atoms with Crippen LogP contribution >= 0.6 is 12.2 Å². The van der Waals surface area contributed by atoms with Crippen molar-refractivity contribution in [2.45, 2.75) is 32.6 Å². The normalized spacial score (nSPS) is 16.4. The Hall–Kier alpha value is -1.49. The molecular weight excluding hydrogens is 256 g/mol. The van der Waals surface area contributed by atoms with Gasteiger partial charge in [0.2, 0.25) is 0 Å². The summed E-state index contributed by atoms with van der Waals surface area (Å²) in [5.74, 6) is 0. The minimum absolute atomic E-state index is 0.714. The molecule has 4 nitrogen and oxygen atoms in total. The van der Waals surface area contributed by atoms with Crippen LogP contribution in [0.15, 0.2) is 23.3 Å². The Bertz CT molecular complexity index is 451. The van der Waals surface area contributed by atoms with E-state index in [9.17, 15) is 0 Å². The molecule has 0 spiro atoms. The van der Waals surface area contributed by atoms with Crippen molar-refractivity contribution in [3.63, 3.8) is 0 Å². The predicted molar refractivity (Wildman–Crippen MR) is 82.3 cm³/mol. The molecule has 1 aromatic rings. The van der Waals surface area contributed by atoms with Crippen LogP contribution in [-0.2, 0) is 0 Å². The Morgan fingerprint density at radius 3 is 2.74 bits per heavy atom. The maximum Gasteiger partial charge on any atom is 0.189 e. The minimum Gasteiger partial charge on any atom is -0.348 e. The Kier molecular flexibility index (Phi) is 5.27. The van der Waals surface area contributed by atoms with Crippen molar-refractivity contribution in [3.8, 4) is 0 Å². The molecule has 1 aliphatic rings. The van der Waals surface area contributed by atoms with Crippen molar-refractivity contribution in [2.75, 3.05) is 13.1 Å². The Balaban J connectivity index is 1.85. The van der Waals surface area contributed by atoms with Gasteiger partial charge in [-0.25, -0.2) is 0 Å². The number of thiocarbonyl (C=S) groups is 1. The fraction of sp³-hybridized carbons (Fsp3) is 0.500. The largest absolute Gasteiger partial charge is 0.348 e. The molecule has 0 saturated carbocycles. The molecule has 0 unspecified atom stereocenters. The molecular formula is C14H20N4S. The summed E-state index contributed by atoms with van der Waals surface area (Å²) in [6, 6.07) is 5.86. The second-order valence-corrected chi connectivity index (χ2v) is 5.17. The van der Waals surface area contributed by atoms with E-state index in [2.05, 4.69) is 20.4 Å². The van der Waals surface area contributed by atoms with Crippen LogP contribution in [0.3, 0.4) is 0 Å². The van der Waals surface area contributed by atoms with E-state index in [-0.39, 0.29) is 0 Å². The van der Waals surface area contributed by atoms with Gasteiger partial charge in [-0.2, -0.15) is 5.10 Å². The van der Waals surface area contributed by atoms with Crippen molar-refractivity contribution in [1.82, 2.24) is 15.3 Å². The van der Waals surface area contributed by atoms with Gasteiger partial charge in [-0.05, 0) is 44.1 Å². The highest BCUT2D eigenvalue weighted by Crippen LogP contribution is 2.09. The lowest BCUT2D eigenvalue weighted by Crippen LogP contribution is -2.38. The van der Waals surface area contributed by atoms with Crippen LogP contribution in [0, 0.1) is 6.92 Å². The topological polar surface area (TPSA) is 40.5 Å². The molecule has 2 heterocycles. The van der Waals surface area contributed by atoms with Crippen LogP contribution in [0.2, 0.25) is 0 Å². The summed E-state index contributed by atoms with van der Waals surface area (Å²) < 4.78 is 0. The summed E-state index contributed by atoms with van der Waals surface area (Å²) in [6.07, 6.45) is 6.73. The molecule has 0 aliphatic carbocycles. The third kappa shape index (κ3) is 4.59. The summed E-state index contributed by atoms with van der Waals surface area (Å²) in [4.78, 5) is 6.55. The molecule has 1 saturated heterocycles. The van der Waals surface area contributed by atoms with Crippen molar-refractivity contribution in [3.05, 3.63) is 29.6 Å². The summed E-state index contributed by atoms with van der Waals surface area (Å²) in [6.45, 7) is 4.03. The highest BCUT2D eigenvalue weighted by molar-refractivity contribution is 7.80. The van der Waals surface area contributed by atoms with Gasteiger partial charge >= 0.3 is 0 Å². The van der Waals surface area contributed by atoms with E-state index in [0.29, 0.717) is 5.11 Å². The smallest absolute Gasteiger partial charge is 0.189 e. The Labute approximate surface area is 119 Å². The van der Waals surface area contributed by atoms with E-state index in [1.54, 1.807) is 6.21 Å². The molecule has 1 N–H and O–H groups in total. The monoisotopic (exact) mass is 276 g/mol. The molecule has 0 aromatic carbocycles. The van der Waals surface area contributed by atoms with Crippen LogP contribution in [0.1, 0.15) is 37.1 Å². The number of hydrazone groups is 1. The first-order chi connectivity index (χ1) is 9.25. The van der Waals surface area contributed by atoms with E-state index in [1.807, 2.05) is 25.1 Å². The zero-order valence-electron chi connectivity index (χ0n) is 11.3. The molecule has 0 bridgehead atoms. The summed E-state index contributed by atoms with van der Waals surface area (Å²) in [7, 11) is 0. The second-order valence-electron chi connectivity index (χ2n) is 4.78. The first-order valence-corrected chi connectivity index (χ1v) is 7.18. The highest BCUT2D eigenvalue weighted by Gasteiger charge is 2.11. The van der Waals surface area contributed by atoms with Gasteiger partial charge in [0.05, 0.1) is 11.9 Å². The summed E-state index contributed by atoms with van der Waals surface area (Å²) >= 11 is 5.36. The maximum atomic E-state index is 5.36. The van der Waals surface area contributed by atoms with Gasteiger partial charge in [0.25, 0.3) is 0 Å². The van der Waals surface area contributed by atoms with Gasteiger partial charge in [-0.3, -0.25) is 10.4 Å². The molecule has 5 heteroatoms. The maximum absolute atomic E-state index is 5.36. The highest BCUT2D eigenvalue weighted by atomic mass is 32.1. The van der Waals surface area contributed by atoms with Crippen LogP contribution < -0.4 is 5.43 Å². The first-order valence-electron chi connectivity index (χ1n) is 6.77. The lowest BCUT2D eigenvalue weighted by Gasteiger charge is -2.21. The fourth-order valence-electron chi connectivity index (χ4n) is 2.13. The third-order valence-corrected chi connectivity index (χ3v) is 3.51. The van der Waals surface area contributed by atoms with Crippen LogP contribution in [0.25, 0.3) is 0 Å². The Morgan fingerprint density at radius 2 is 2.05 bits per heavy atom. The first kappa shape index (κ1) is 13.9. The molecule has 1 aromatic heterocycles. The number of likely N-dealkylation sites (tertiary alicyclic amines) is 1. The third-order valence-electron chi connectivity index (χ3n) is 3.16. The molecule has 1 fully saturated rings. The summed E-state index contributed by atoms with van der Waals surface area (Å²) in [5, 5.41) is 4.88. The molecule has 0 amide bonds. The lowest BCUT2D eigenvalue weighted by atomic mass is 10.2. The van der Waals surface area contributed by atoms with Gasteiger partial charge in [0.15, 0.2) is 5.11 Å². The minimum atomic E-state index is 0.714. The van der Waals surface area contributed by atoms with Gasteiger partial charge in [-0.1, -0.05) is 18.9 Å². The standard InChI is InChI=1S/C14H20N4S/c1-12-7-6-8-13(16-12)11-15-17-14(19)18-9-4-2-3-5-10-18/h6-8,11H,2-5,9-10H2,1H3,(H,17,19)/b15-11+. The van der Waals surface area contributed by atoms with Gasteiger partial charge in [0.1, 0.15) is 0 Å². The molecule has 102 valence electrons. The van der Waals surface area contributed by atoms with Crippen molar-refractivity contribution < 1.29 is 0 Å². The number of hydrogen-bond donors (Lipinski definition) is 1. The van der Waals surface area contributed by atoms with E-state index in [1.165, 1.54) is 25.7 Å². The molecule has 1 aliphatic heterocycles. The average Bonchev–Trinajstić information content (AvgIpc) is 2.67. The van der Waals surface area contributed by atoms with E-state index >= 15 is 0 Å². The summed E-state index contributed by atoms with van der Waals surface area (Å²) in [5.41, 5.74) is 4.76. The predicted octanol–water partition coefficient (Wildman–Crippen LogP) is 2.47. The zero-order chi connectivity index (χ0) is 13.5. The molecule has 0 atom stereocenters. The van der Waals surface area contributed by atoms with Crippen LogP contribution in [0.4, 0.5) is 0 Å². The Morgan fingerprint density at radius 1 is 1.32 bits per heavy atom. The number of pyridine rings is 1. The van der Waals surface area contributed by atoms with Crippen LogP contribution in [0.5, 0.6) is 0 Å². The molecule has 2 rings (SSSR count). The number of nitrogens with one attached hydrogen (secondary N) is 1. The number of aromatic nitrogens is 1. The number of nitrogens with zero attached hydrogens (tertiary/aromatic N) is 3. The quantitative estimate of drug-likeness (QED) is 0.512. The average molecular weight is 276 g/mol. The second kappa shape index (κ2) is 7.19. The lowest BCUT2D eigenvalue weighted by molar-refractivity contribution is 0.428. The van der Waals surface area contributed by atoms with Crippen molar-refractivity contribution >= 4 is 23.5 Å². The SMILES string of the molecule is Cc1cccc(/C=N/NC(=S)N2CCCCCC2)n1. The van der Waals surface area contributed by atoms with E-state index in [0.717, 1.165) is 24.5 Å². The van der Waals surface area contributed by atoms with Crippen LogP contribution in [-0.4, -0.2) is 34.3 Å². The van der Waals surface area contributed by atoms with Gasteiger partial charge in [0, 0.05) is 18.8 Å². The van der Waals surface area contributed by atoms with Gasteiger partial charge in [-0.15, -0.1) is 0 Å². The molecule has 19 heavy (non-hydrogen) atoms. The van der Waals surface area contributed by atoms with E-state index in [4.69, 9.17) is 12.2 Å². The fourth-order valence-corrected chi connectivity index (χ4v) is 2.37. The van der Waals surface area contributed by atoms with E-state index < -0.39 is 0 Å². The number of rotatable bonds is 2. The number of aryl methyl sites for hydroxylation is 1. The molecule has 0 radical (unpaired) electrons. The van der Waals surface area contributed by atoms with Crippen molar-refractivity contribution in [2.24, 2.45) is 5.10 Å². The van der Waals surface area contributed by atoms with Crippen molar-refractivity contribution in [1.29, 1.82) is 0 Å². The number of hydrogen-bond acceptors (Lipinski definition) is 3. The zero-order valence-corrected chi connectivity index (χ0v) is 12.1.